The van der Waals surface area contributed by atoms with Crippen molar-refractivity contribution in [3.63, 3.8) is 0 Å². The maximum Gasteiger partial charge on any atom is 0.232 e. The summed E-state index contributed by atoms with van der Waals surface area (Å²) in [6, 6.07) is 14.5. The van der Waals surface area contributed by atoms with Crippen molar-refractivity contribution in [1.82, 2.24) is 0 Å². The van der Waals surface area contributed by atoms with Crippen molar-refractivity contribution < 1.29 is 14.3 Å². The summed E-state index contributed by atoms with van der Waals surface area (Å²) in [6.07, 6.45) is 0.152. The number of methoxy groups -OCH3 is 1. The zero-order chi connectivity index (χ0) is 15.5. The van der Waals surface area contributed by atoms with Gasteiger partial charge in [-0.3, -0.25) is 9.59 Å². The van der Waals surface area contributed by atoms with E-state index in [1.54, 1.807) is 37.4 Å². The topological polar surface area (TPSA) is 67.4 Å². The van der Waals surface area contributed by atoms with E-state index in [0.29, 0.717) is 11.4 Å². The Bertz CT molecular complexity index is 710. The Morgan fingerprint density at radius 2 is 1.91 bits per heavy atom. The zero-order valence-electron chi connectivity index (χ0n) is 12.1. The molecule has 2 aromatic carbocycles. The van der Waals surface area contributed by atoms with Crippen LogP contribution in [0.25, 0.3) is 0 Å². The van der Waals surface area contributed by atoms with Gasteiger partial charge in [0.25, 0.3) is 0 Å². The van der Waals surface area contributed by atoms with Gasteiger partial charge in [-0.15, -0.1) is 0 Å². The molecule has 2 amide bonds. The van der Waals surface area contributed by atoms with E-state index in [1.807, 2.05) is 18.2 Å². The van der Waals surface area contributed by atoms with Gasteiger partial charge in [-0.1, -0.05) is 18.2 Å². The van der Waals surface area contributed by atoms with E-state index in [-0.39, 0.29) is 18.2 Å². The molecule has 0 aromatic heterocycles. The van der Waals surface area contributed by atoms with E-state index in [0.717, 1.165) is 11.3 Å². The highest BCUT2D eigenvalue weighted by molar-refractivity contribution is 6.05. The van der Waals surface area contributed by atoms with Gasteiger partial charge < -0.3 is 15.4 Å². The number of para-hydroxylation sites is 1. The molecular weight excluding hydrogens is 280 g/mol. The lowest BCUT2D eigenvalue weighted by molar-refractivity contribution is -0.123. The Kier molecular flexibility index (Phi) is 3.78. The molecule has 5 heteroatoms. The summed E-state index contributed by atoms with van der Waals surface area (Å²) in [5.41, 5.74) is 2.22. The molecule has 1 atom stereocenters. The Balaban J connectivity index is 1.81. The van der Waals surface area contributed by atoms with Crippen molar-refractivity contribution in [3.05, 3.63) is 54.1 Å². The summed E-state index contributed by atoms with van der Waals surface area (Å²) < 4.78 is 5.09. The van der Waals surface area contributed by atoms with Gasteiger partial charge >= 0.3 is 0 Å². The first-order valence-electron chi connectivity index (χ1n) is 7.01. The molecule has 0 saturated heterocycles. The van der Waals surface area contributed by atoms with Gasteiger partial charge in [0.15, 0.2) is 0 Å². The number of carbonyl (C=O) groups excluding carboxylic acids is 2. The molecule has 3 rings (SSSR count). The highest BCUT2D eigenvalue weighted by Crippen LogP contribution is 2.32. The fraction of sp³-hybridized carbons (Fsp3) is 0.176. The average molecular weight is 296 g/mol. The van der Waals surface area contributed by atoms with E-state index < -0.39 is 5.92 Å². The maximum atomic E-state index is 12.5. The number of ether oxygens (including phenoxy) is 1. The molecule has 0 radical (unpaired) electrons. The average Bonchev–Trinajstić information content (AvgIpc) is 2.54. The first-order chi connectivity index (χ1) is 10.7. The van der Waals surface area contributed by atoms with Gasteiger partial charge in [-0.05, 0) is 35.9 Å². The summed E-state index contributed by atoms with van der Waals surface area (Å²) in [6.45, 7) is 0. The third-order valence-corrected chi connectivity index (χ3v) is 3.67. The fourth-order valence-corrected chi connectivity index (χ4v) is 2.55. The summed E-state index contributed by atoms with van der Waals surface area (Å²) in [5, 5.41) is 5.64. The summed E-state index contributed by atoms with van der Waals surface area (Å²) >= 11 is 0. The third-order valence-electron chi connectivity index (χ3n) is 3.67. The predicted molar refractivity (Wildman–Crippen MR) is 84.1 cm³/mol. The van der Waals surface area contributed by atoms with E-state index in [1.165, 1.54) is 0 Å². The predicted octanol–water partition coefficient (Wildman–Crippen LogP) is 2.76. The summed E-state index contributed by atoms with van der Waals surface area (Å²) in [5.74, 6) is -0.0894. The second-order valence-corrected chi connectivity index (χ2v) is 5.11. The van der Waals surface area contributed by atoms with Crippen LogP contribution in [0, 0.1) is 0 Å². The fourth-order valence-electron chi connectivity index (χ4n) is 2.55. The first kappa shape index (κ1) is 14.1. The van der Waals surface area contributed by atoms with Gasteiger partial charge in [-0.25, -0.2) is 0 Å². The molecule has 0 aliphatic carbocycles. The van der Waals surface area contributed by atoms with Crippen LogP contribution in [0.2, 0.25) is 0 Å². The minimum atomic E-state index is -0.480. The Morgan fingerprint density at radius 3 is 2.64 bits per heavy atom. The molecule has 112 valence electrons. The highest BCUT2D eigenvalue weighted by Gasteiger charge is 2.30. The lowest BCUT2D eigenvalue weighted by atomic mass is 9.90. The van der Waals surface area contributed by atoms with Gasteiger partial charge in [0.1, 0.15) is 5.75 Å². The van der Waals surface area contributed by atoms with Crippen LogP contribution >= 0.6 is 0 Å². The summed E-state index contributed by atoms with van der Waals surface area (Å²) in [7, 11) is 1.59. The normalized spacial score (nSPS) is 16.4. The molecule has 22 heavy (non-hydrogen) atoms. The van der Waals surface area contributed by atoms with Crippen molar-refractivity contribution in [3.8, 4) is 5.75 Å². The van der Waals surface area contributed by atoms with Gasteiger partial charge in [-0.2, -0.15) is 0 Å². The van der Waals surface area contributed by atoms with Crippen LogP contribution in [0.15, 0.2) is 48.5 Å². The number of benzene rings is 2. The molecule has 0 unspecified atom stereocenters. The smallest absolute Gasteiger partial charge is 0.232 e. The minimum absolute atomic E-state index is 0.145. The molecule has 2 N–H and O–H groups in total. The molecule has 0 fully saturated rings. The monoisotopic (exact) mass is 296 g/mol. The molecule has 0 saturated carbocycles. The van der Waals surface area contributed by atoms with Gasteiger partial charge in [0, 0.05) is 17.8 Å². The first-order valence-corrected chi connectivity index (χ1v) is 7.01. The molecule has 1 aliphatic rings. The van der Waals surface area contributed by atoms with Crippen LogP contribution in [0.4, 0.5) is 11.4 Å². The van der Waals surface area contributed by atoms with E-state index in [4.69, 9.17) is 4.74 Å². The number of nitrogens with one attached hydrogen (secondary N) is 2. The molecule has 1 aliphatic heterocycles. The Labute approximate surface area is 128 Å². The van der Waals surface area contributed by atoms with Crippen molar-refractivity contribution in [1.29, 1.82) is 0 Å². The molecule has 1 heterocycles. The van der Waals surface area contributed by atoms with Crippen molar-refractivity contribution >= 4 is 23.2 Å². The van der Waals surface area contributed by atoms with E-state index in [9.17, 15) is 9.59 Å². The van der Waals surface area contributed by atoms with E-state index >= 15 is 0 Å². The zero-order valence-corrected chi connectivity index (χ0v) is 12.1. The quantitative estimate of drug-likeness (QED) is 0.915. The molecular formula is C17H16N2O3. The number of fused-ring (bicyclic) bond motifs is 1. The number of anilines is 2. The largest absolute Gasteiger partial charge is 0.497 e. The third kappa shape index (κ3) is 2.79. The van der Waals surface area contributed by atoms with Crippen LogP contribution < -0.4 is 15.4 Å². The number of amides is 2. The minimum Gasteiger partial charge on any atom is -0.497 e. The van der Waals surface area contributed by atoms with Crippen molar-refractivity contribution in [2.75, 3.05) is 17.7 Å². The molecule has 5 nitrogen and oxygen atoms in total. The summed E-state index contributed by atoms with van der Waals surface area (Å²) in [4.78, 5) is 24.3. The number of hydrogen-bond donors (Lipinski definition) is 2. The van der Waals surface area contributed by atoms with Crippen LogP contribution in [0.3, 0.4) is 0 Å². The van der Waals surface area contributed by atoms with Crippen molar-refractivity contribution in [2.45, 2.75) is 12.3 Å². The van der Waals surface area contributed by atoms with Gasteiger partial charge in [0.05, 0.1) is 13.0 Å². The maximum absolute atomic E-state index is 12.5. The lowest BCUT2D eigenvalue weighted by Crippen LogP contribution is -2.30. The SMILES string of the molecule is COc1ccc(NC(=O)[C@@H]2CC(=O)Nc3ccccc32)cc1. The Hall–Kier alpha value is -2.82. The lowest BCUT2D eigenvalue weighted by Gasteiger charge is -2.24. The second-order valence-electron chi connectivity index (χ2n) is 5.11. The number of hydrogen-bond acceptors (Lipinski definition) is 3. The molecule has 0 spiro atoms. The van der Waals surface area contributed by atoms with Crippen LogP contribution in [0.1, 0.15) is 17.9 Å². The van der Waals surface area contributed by atoms with Crippen LogP contribution in [-0.2, 0) is 9.59 Å². The van der Waals surface area contributed by atoms with Crippen LogP contribution in [0.5, 0.6) is 5.75 Å². The van der Waals surface area contributed by atoms with Crippen molar-refractivity contribution in [2.24, 2.45) is 0 Å². The van der Waals surface area contributed by atoms with Gasteiger partial charge in [0.2, 0.25) is 11.8 Å². The molecule has 0 bridgehead atoms. The standard InChI is InChI=1S/C17H16N2O3/c1-22-12-8-6-11(7-9-12)18-17(21)14-10-16(20)19-15-5-3-2-4-13(14)15/h2-9,14H,10H2,1H3,(H,18,21)(H,19,20)/t14-/m1/s1. The number of carbonyl (C=O) groups is 2. The second kappa shape index (κ2) is 5.89. The highest BCUT2D eigenvalue weighted by atomic mass is 16.5. The number of rotatable bonds is 3. The van der Waals surface area contributed by atoms with Crippen LogP contribution in [-0.4, -0.2) is 18.9 Å². The molecule has 2 aromatic rings. The Morgan fingerprint density at radius 1 is 1.18 bits per heavy atom. The van der Waals surface area contributed by atoms with E-state index in [2.05, 4.69) is 10.6 Å².